The largest absolute Gasteiger partial charge is 0.508 e. The van der Waals surface area contributed by atoms with Crippen molar-refractivity contribution in [2.75, 3.05) is 0 Å². The summed E-state index contributed by atoms with van der Waals surface area (Å²) < 4.78 is 12.6. The summed E-state index contributed by atoms with van der Waals surface area (Å²) in [5, 5.41) is 62.0. The van der Waals surface area contributed by atoms with Gasteiger partial charge in [0.25, 0.3) is 0 Å². The van der Waals surface area contributed by atoms with E-state index in [4.69, 9.17) is 9.47 Å². The monoisotopic (exact) mass is 500 g/mol. The van der Waals surface area contributed by atoms with Crippen LogP contribution >= 0.6 is 0 Å². The average Bonchev–Trinajstić information content (AvgIpc) is 3.26. The molecule has 2 aliphatic heterocycles. The van der Waals surface area contributed by atoms with E-state index in [1.807, 2.05) is 0 Å². The highest BCUT2D eigenvalue weighted by molar-refractivity contribution is 5.65. The fourth-order valence-corrected chi connectivity index (χ4v) is 5.31. The first-order chi connectivity index (χ1) is 17.8. The molecule has 0 radical (unpaired) electrons. The Hall–Kier alpha value is -4.56. The Morgan fingerprint density at radius 3 is 1.76 bits per heavy atom. The van der Waals surface area contributed by atoms with Gasteiger partial charge in [0.15, 0.2) is 0 Å². The molecule has 0 amide bonds. The molecule has 2 aliphatic rings. The van der Waals surface area contributed by atoms with Crippen molar-refractivity contribution in [1.29, 1.82) is 0 Å². The van der Waals surface area contributed by atoms with Gasteiger partial charge in [-0.05, 0) is 53.1 Å². The maximum Gasteiger partial charge on any atom is 0.150 e. The number of aromatic hydroxyl groups is 5. The van der Waals surface area contributed by atoms with E-state index in [1.54, 1.807) is 24.3 Å². The molecule has 4 unspecified atom stereocenters. The van der Waals surface area contributed by atoms with Crippen LogP contribution in [0.3, 0.4) is 0 Å². The van der Waals surface area contributed by atoms with Gasteiger partial charge in [-0.15, -0.1) is 0 Å². The van der Waals surface area contributed by atoms with Gasteiger partial charge in [0, 0.05) is 29.7 Å². The maximum atomic E-state index is 11.2. The van der Waals surface area contributed by atoms with Gasteiger partial charge in [0.05, 0.1) is 12.0 Å². The van der Waals surface area contributed by atoms with E-state index < -0.39 is 24.2 Å². The number of phenolic OH excluding ortho intramolecular Hbond substituents is 5. The maximum absolute atomic E-state index is 11.2. The lowest BCUT2D eigenvalue weighted by Gasteiger charge is -2.32. The highest BCUT2D eigenvalue weighted by atomic mass is 16.5. The fraction of sp³-hybridized carbons (Fsp3) is 0.172. The third-order valence-corrected chi connectivity index (χ3v) is 6.96. The highest BCUT2D eigenvalue weighted by Crippen LogP contribution is 2.58. The first kappa shape index (κ1) is 22.9. The lowest BCUT2D eigenvalue weighted by atomic mass is 9.83. The fourth-order valence-electron chi connectivity index (χ4n) is 5.31. The highest BCUT2D eigenvalue weighted by Gasteiger charge is 2.44. The van der Waals surface area contributed by atoms with Crippen LogP contribution in [-0.2, 0) is 6.42 Å². The zero-order valence-corrected chi connectivity index (χ0v) is 19.4. The molecule has 4 aromatic carbocycles. The number of phenols is 5. The summed E-state index contributed by atoms with van der Waals surface area (Å²) in [7, 11) is 0. The van der Waals surface area contributed by atoms with Crippen LogP contribution in [0.2, 0.25) is 0 Å². The lowest BCUT2D eigenvalue weighted by Crippen LogP contribution is -2.30. The van der Waals surface area contributed by atoms with Crippen molar-refractivity contribution in [1.82, 2.24) is 0 Å². The second kappa shape index (κ2) is 8.53. The molecule has 4 atom stereocenters. The standard InChI is InChI=1S/C29H24O8/c30-17-5-1-14(2-6-17)27-23(35)12-21-24(36-27)13-22(34)26-25(16-9-19(32)11-20(33)10-16)28(37-29(21)26)15-3-7-18(31)8-4-15/h1-11,13,23,25,27-28,30-35H,12H2. The molecule has 0 saturated heterocycles. The molecule has 37 heavy (non-hydrogen) atoms. The number of ether oxygens (including phenoxy) is 2. The zero-order chi connectivity index (χ0) is 25.8. The summed E-state index contributed by atoms with van der Waals surface area (Å²) in [5.74, 6) is -0.0711. The Kier molecular flexibility index (Phi) is 5.27. The molecule has 6 N–H and O–H groups in total. The average molecular weight is 501 g/mol. The van der Waals surface area contributed by atoms with Gasteiger partial charge in [-0.3, -0.25) is 0 Å². The van der Waals surface area contributed by atoms with Crippen LogP contribution in [0.1, 0.15) is 45.9 Å². The third kappa shape index (κ3) is 3.91. The van der Waals surface area contributed by atoms with Crippen molar-refractivity contribution in [3.63, 3.8) is 0 Å². The van der Waals surface area contributed by atoms with E-state index in [0.29, 0.717) is 39.3 Å². The van der Waals surface area contributed by atoms with Crippen molar-refractivity contribution >= 4 is 0 Å². The van der Waals surface area contributed by atoms with Gasteiger partial charge in [-0.2, -0.15) is 0 Å². The molecule has 8 nitrogen and oxygen atoms in total. The smallest absolute Gasteiger partial charge is 0.150 e. The Labute approximate surface area is 211 Å². The van der Waals surface area contributed by atoms with Gasteiger partial charge in [0.2, 0.25) is 0 Å². The molecule has 8 heteroatoms. The Balaban J connectivity index is 1.48. The SMILES string of the molecule is Oc1ccc(C2Oc3cc(O)c4c(c3CC2O)OC(c2ccc(O)cc2)C4c2cc(O)cc(O)c2)cc1. The molecular formula is C29H24O8. The molecule has 0 bridgehead atoms. The van der Waals surface area contributed by atoms with Crippen LogP contribution in [-0.4, -0.2) is 36.7 Å². The van der Waals surface area contributed by atoms with Gasteiger partial charge in [0.1, 0.15) is 52.5 Å². The summed E-state index contributed by atoms with van der Waals surface area (Å²) in [4.78, 5) is 0. The second-order valence-corrected chi connectivity index (χ2v) is 9.41. The number of benzene rings is 4. The molecular weight excluding hydrogens is 476 g/mol. The first-order valence-corrected chi connectivity index (χ1v) is 11.8. The topological polar surface area (TPSA) is 140 Å². The molecule has 0 saturated carbocycles. The van der Waals surface area contributed by atoms with Gasteiger partial charge in [-0.1, -0.05) is 24.3 Å². The van der Waals surface area contributed by atoms with Gasteiger partial charge >= 0.3 is 0 Å². The Morgan fingerprint density at radius 1 is 0.595 bits per heavy atom. The molecule has 0 fully saturated rings. The van der Waals surface area contributed by atoms with E-state index in [-0.39, 0.29) is 35.2 Å². The normalized spacial score (nSPS) is 22.0. The summed E-state index contributed by atoms with van der Waals surface area (Å²) >= 11 is 0. The van der Waals surface area contributed by atoms with Gasteiger partial charge in [-0.25, -0.2) is 0 Å². The van der Waals surface area contributed by atoms with E-state index in [2.05, 4.69) is 0 Å². The minimum Gasteiger partial charge on any atom is -0.508 e. The molecule has 4 aromatic rings. The Morgan fingerprint density at radius 2 is 1.16 bits per heavy atom. The van der Waals surface area contributed by atoms with Crippen molar-refractivity contribution < 1.29 is 40.1 Å². The van der Waals surface area contributed by atoms with Crippen molar-refractivity contribution in [2.24, 2.45) is 0 Å². The predicted molar refractivity (Wildman–Crippen MR) is 132 cm³/mol. The van der Waals surface area contributed by atoms with E-state index in [1.165, 1.54) is 48.5 Å². The van der Waals surface area contributed by atoms with E-state index >= 15 is 0 Å². The number of rotatable bonds is 3. The Bertz CT molecular complexity index is 1460. The predicted octanol–water partition coefficient (Wildman–Crippen LogP) is 4.52. The summed E-state index contributed by atoms with van der Waals surface area (Å²) in [6.45, 7) is 0. The number of hydrogen-bond acceptors (Lipinski definition) is 8. The molecule has 0 aromatic heterocycles. The van der Waals surface area contributed by atoms with Gasteiger partial charge < -0.3 is 40.1 Å². The summed E-state index contributed by atoms with van der Waals surface area (Å²) in [5.41, 5.74) is 2.93. The number of fused-ring (bicyclic) bond motifs is 3. The second-order valence-electron chi connectivity index (χ2n) is 9.41. The van der Waals surface area contributed by atoms with Crippen molar-refractivity contribution in [3.8, 4) is 40.2 Å². The molecule has 0 aliphatic carbocycles. The molecule has 6 rings (SSSR count). The summed E-state index contributed by atoms with van der Waals surface area (Å²) in [6, 6.07) is 18.6. The van der Waals surface area contributed by atoms with Crippen LogP contribution in [0, 0.1) is 0 Å². The van der Waals surface area contributed by atoms with Crippen molar-refractivity contribution in [3.05, 3.63) is 101 Å². The molecule has 2 heterocycles. The number of aliphatic hydroxyl groups is 1. The lowest BCUT2D eigenvalue weighted by molar-refractivity contribution is 0.0194. The zero-order valence-electron chi connectivity index (χ0n) is 19.4. The molecule has 0 spiro atoms. The van der Waals surface area contributed by atoms with E-state index in [0.717, 1.165) is 0 Å². The first-order valence-electron chi connectivity index (χ1n) is 11.8. The van der Waals surface area contributed by atoms with Crippen LogP contribution < -0.4 is 9.47 Å². The van der Waals surface area contributed by atoms with Crippen LogP contribution in [0.15, 0.2) is 72.8 Å². The number of hydrogen-bond donors (Lipinski definition) is 6. The van der Waals surface area contributed by atoms with Crippen LogP contribution in [0.5, 0.6) is 40.2 Å². The van der Waals surface area contributed by atoms with Crippen LogP contribution in [0.4, 0.5) is 0 Å². The minimum absolute atomic E-state index is 0.0860. The van der Waals surface area contributed by atoms with E-state index in [9.17, 15) is 30.6 Å². The quantitative estimate of drug-likeness (QED) is 0.241. The number of aliphatic hydroxyl groups excluding tert-OH is 1. The third-order valence-electron chi connectivity index (χ3n) is 6.96. The molecule has 188 valence electrons. The van der Waals surface area contributed by atoms with Crippen molar-refractivity contribution in [2.45, 2.75) is 30.7 Å². The summed E-state index contributed by atoms with van der Waals surface area (Å²) in [6.07, 6.45) is -2.12. The minimum atomic E-state index is -0.926. The van der Waals surface area contributed by atoms with Crippen LogP contribution in [0.25, 0.3) is 0 Å².